The fourth-order valence-corrected chi connectivity index (χ4v) is 2.01. The predicted molar refractivity (Wildman–Crippen MR) is 62.4 cm³/mol. The highest BCUT2D eigenvalue weighted by atomic mass is 35.5. The third kappa shape index (κ3) is 3.40. The quantitative estimate of drug-likeness (QED) is 0.805. The highest BCUT2D eigenvalue weighted by molar-refractivity contribution is 6.29. The van der Waals surface area contributed by atoms with Crippen LogP contribution in [0, 0.1) is 0 Å². The van der Waals surface area contributed by atoms with Crippen LogP contribution in [0.25, 0.3) is 0 Å². The highest BCUT2D eigenvalue weighted by Crippen LogP contribution is 2.13. The van der Waals surface area contributed by atoms with E-state index in [1.165, 1.54) is 6.42 Å². The van der Waals surface area contributed by atoms with Crippen molar-refractivity contribution in [1.29, 1.82) is 0 Å². The molecule has 0 amide bonds. The van der Waals surface area contributed by atoms with Crippen LogP contribution in [0.3, 0.4) is 0 Å². The van der Waals surface area contributed by atoms with E-state index < -0.39 is 0 Å². The van der Waals surface area contributed by atoms with E-state index in [9.17, 15) is 0 Å². The molecule has 4 nitrogen and oxygen atoms in total. The van der Waals surface area contributed by atoms with Gasteiger partial charge in [0.1, 0.15) is 0 Å². The lowest BCUT2D eigenvalue weighted by Gasteiger charge is -2.19. The first-order valence-corrected chi connectivity index (χ1v) is 5.90. The summed E-state index contributed by atoms with van der Waals surface area (Å²) in [6.07, 6.45) is 2.72. The maximum atomic E-state index is 5.68. The van der Waals surface area contributed by atoms with Gasteiger partial charge in [0.2, 0.25) is 0 Å². The maximum absolute atomic E-state index is 5.68. The number of aromatic nitrogens is 2. The summed E-state index contributed by atoms with van der Waals surface area (Å²) in [5.41, 5.74) is 0.935. The summed E-state index contributed by atoms with van der Waals surface area (Å²) >= 11 is 5.68. The molecule has 16 heavy (non-hydrogen) atoms. The molecule has 0 saturated carbocycles. The number of hydrogen-bond acceptors (Lipinski definition) is 4. The zero-order valence-electron chi connectivity index (χ0n) is 9.40. The minimum Gasteiger partial charge on any atom is -0.377 e. The molecular formula is C11H16ClN3O. The topological polar surface area (TPSA) is 38.2 Å². The van der Waals surface area contributed by atoms with Gasteiger partial charge in [0.15, 0.2) is 5.15 Å². The van der Waals surface area contributed by atoms with E-state index in [0.29, 0.717) is 11.3 Å². The number of rotatable bonds is 4. The van der Waals surface area contributed by atoms with Crippen LogP contribution in [0.15, 0.2) is 12.1 Å². The summed E-state index contributed by atoms with van der Waals surface area (Å²) in [5.74, 6) is 0. The molecule has 0 aliphatic carbocycles. The van der Waals surface area contributed by atoms with Crippen LogP contribution < -0.4 is 0 Å². The van der Waals surface area contributed by atoms with Gasteiger partial charge in [-0.25, -0.2) is 0 Å². The second kappa shape index (κ2) is 5.57. The number of ether oxygens (including phenoxy) is 1. The molecule has 0 spiro atoms. The summed E-state index contributed by atoms with van der Waals surface area (Å²) in [5, 5.41) is 8.29. The Morgan fingerprint density at radius 1 is 1.50 bits per heavy atom. The highest BCUT2D eigenvalue weighted by Gasteiger charge is 2.17. The molecule has 1 fully saturated rings. The predicted octanol–water partition coefficient (Wildman–Crippen LogP) is 1.74. The van der Waals surface area contributed by atoms with Crippen LogP contribution in [0.1, 0.15) is 18.5 Å². The van der Waals surface area contributed by atoms with E-state index in [1.807, 2.05) is 6.07 Å². The number of halogens is 1. The second-order valence-electron chi connectivity index (χ2n) is 4.18. The van der Waals surface area contributed by atoms with Gasteiger partial charge in [0.25, 0.3) is 0 Å². The summed E-state index contributed by atoms with van der Waals surface area (Å²) in [4.78, 5) is 2.20. The van der Waals surface area contributed by atoms with E-state index in [0.717, 1.165) is 31.8 Å². The van der Waals surface area contributed by atoms with Gasteiger partial charge in [0, 0.05) is 19.7 Å². The van der Waals surface area contributed by atoms with Gasteiger partial charge in [-0.3, -0.25) is 4.90 Å². The Morgan fingerprint density at radius 3 is 3.00 bits per heavy atom. The lowest BCUT2D eigenvalue weighted by molar-refractivity contribution is 0.0789. The lowest BCUT2D eigenvalue weighted by Crippen LogP contribution is -2.28. The van der Waals surface area contributed by atoms with Gasteiger partial charge in [-0.05, 0) is 32.0 Å². The molecule has 0 bridgehead atoms. The lowest BCUT2D eigenvalue weighted by atomic mass is 10.2. The van der Waals surface area contributed by atoms with Crippen molar-refractivity contribution in [2.75, 3.05) is 20.2 Å². The molecule has 1 aliphatic heterocycles. The minimum absolute atomic E-state index is 0.380. The third-order valence-corrected chi connectivity index (χ3v) is 2.86. The van der Waals surface area contributed by atoms with Crippen LogP contribution >= 0.6 is 11.6 Å². The fraction of sp³-hybridized carbons (Fsp3) is 0.636. The average molecular weight is 242 g/mol. The number of likely N-dealkylation sites (N-methyl/N-ethyl adjacent to an activating group) is 1. The first kappa shape index (κ1) is 11.8. The summed E-state index contributed by atoms with van der Waals surface area (Å²) in [6.45, 7) is 2.63. The summed E-state index contributed by atoms with van der Waals surface area (Å²) < 4.78 is 5.58. The van der Waals surface area contributed by atoms with Gasteiger partial charge in [-0.2, -0.15) is 5.10 Å². The molecule has 0 aromatic carbocycles. The van der Waals surface area contributed by atoms with Crippen molar-refractivity contribution in [2.45, 2.75) is 25.5 Å². The molecule has 1 saturated heterocycles. The van der Waals surface area contributed by atoms with Gasteiger partial charge in [-0.15, -0.1) is 5.10 Å². The third-order valence-electron chi connectivity index (χ3n) is 2.66. The van der Waals surface area contributed by atoms with E-state index >= 15 is 0 Å². The largest absolute Gasteiger partial charge is 0.377 e. The number of hydrogen-bond donors (Lipinski definition) is 0. The molecule has 2 heterocycles. The first-order valence-electron chi connectivity index (χ1n) is 5.52. The van der Waals surface area contributed by atoms with Crippen molar-refractivity contribution < 1.29 is 4.74 Å². The van der Waals surface area contributed by atoms with E-state index in [4.69, 9.17) is 16.3 Å². The monoisotopic (exact) mass is 241 g/mol. The molecule has 1 aliphatic rings. The Balaban J connectivity index is 1.81. The molecule has 0 N–H and O–H groups in total. The molecule has 1 atom stereocenters. The van der Waals surface area contributed by atoms with E-state index in [2.05, 4.69) is 22.1 Å². The van der Waals surface area contributed by atoms with Gasteiger partial charge < -0.3 is 4.74 Å². The normalized spacial score (nSPS) is 20.6. The summed E-state index contributed by atoms with van der Waals surface area (Å²) in [7, 11) is 2.07. The van der Waals surface area contributed by atoms with Crippen LogP contribution in [-0.4, -0.2) is 41.4 Å². The minimum atomic E-state index is 0.380. The van der Waals surface area contributed by atoms with Gasteiger partial charge >= 0.3 is 0 Å². The molecular weight excluding hydrogens is 226 g/mol. The molecule has 1 unspecified atom stereocenters. The Kier molecular flexibility index (Phi) is 4.09. The molecule has 2 rings (SSSR count). The molecule has 1 aromatic rings. The Morgan fingerprint density at radius 2 is 2.38 bits per heavy atom. The SMILES string of the molecule is CN(Cc1ccc(Cl)nn1)CC1CCCO1. The smallest absolute Gasteiger partial charge is 0.151 e. The molecule has 1 aromatic heterocycles. The molecule has 0 radical (unpaired) electrons. The number of nitrogens with zero attached hydrogens (tertiary/aromatic N) is 3. The zero-order valence-corrected chi connectivity index (χ0v) is 10.2. The van der Waals surface area contributed by atoms with Crippen LogP contribution in [0.2, 0.25) is 5.15 Å². The summed E-state index contributed by atoms with van der Waals surface area (Å²) in [6, 6.07) is 3.67. The Hall–Kier alpha value is -0.710. The van der Waals surface area contributed by atoms with Crippen molar-refractivity contribution in [2.24, 2.45) is 0 Å². The fourth-order valence-electron chi connectivity index (χ4n) is 1.90. The Labute approximate surface area is 101 Å². The molecule has 88 valence electrons. The van der Waals surface area contributed by atoms with E-state index in [1.54, 1.807) is 6.07 Å². The maximum Gasteiger partial charge on any atom is 0.151 e. The molecule has 5 heteroatoms. The van der Waals surface area contributed by atoms with Crippen LogP contribution in [-0.2, 0) is 11.3 Å². The Bertz CT molecular complexity index is 325. The van der Waals surface area contributed by atoms with Crippen molar-refractivity contribution in [1.82, 2.24) is 15.1 Å². The van der Waals surface area contributed by atoms with E-state index in [-0.39, 0.29) is 0 Å². The van der Waals surface area contributed by atoms with Crippen molar-refractivity contribution in [3.8, 4) is 0 Å². The van der Waals surface area contributed by atoms with Gasteiger partial charge in [0.05, 0.1) is 11.8 Å². The van der Waals surface area contributed by atoms with Crippen LogP contribution in [0.4, 0.5) is 0 Å². The van der Waals surface area contributed by atoms with Crippen molar-refractivity contribution in [3.05, 3.63) is 23.0 Å². The average Bonchev–Trinajstić information content (AvgIpc) is 2.74. The van der Waals surface area contributed by atoms with Crippen molar-refractivity contribution in [3.63, 3.8) is 0 Å². The van der Waals surface area contributed by atoms with Crippen LogP contribution in [0.5, 0.6) is 0 Å². The zero-order chi connectivity index (χ0) is 11.4. The van der Waals surface area contributed by atoms with Gasteiger partial charge in [-0.1, -0.05) is 11.6 Å². The van der Waals surface area contributed by atoms with Crippen molar-refractivity contribution >= 4 is 11.6 Å². The standard InChI is InChI=1S/C11H16ClN3O/c1-15(8-10-3-2-6-16-10)7-9-4-5-11(12)14-13-9/h4-5,10H,2-3,6-8H2,1H3. The second-order valence-corrected chi connectivity index (χ2v) is 4.57. The first-order chi connectivity index (χ1) is 7.74.